The summed E-state index contributed by atoms with van der Waals surface area (Å²) in [4.78, 5) is 25.3. The minimum absolute atomic E-state index is 0.123. The van der Waals surface area contributed by atoms with E-state index in [1.54, 1.807) is 6.92 Å². The number of hydrogen-bond donors (Lipinski definition) is 1. The number of nitrogens with zero attached hydrogens (tertiary/aromatic N) is 1. The molecular formula is C6H8N2O3S. The van der Waals surface area contributed by atoms with Crippen molar-refractivity contribution in [3.63, 3.8) is 0 Å². The summed E-state index contributed by atoms with van der Waals surface area (Å²) in [6.07, 6.45) is 0. The smallest absolute Gasteiger partial charge is 0.329 e. The molecule has 0 saturated carbocycles. The second-order valence-corrected chi connectivity index (χ2v) is 3.16. The van der Waals surface area contributed by atoms with Crippen LogP contribution in [-0.4, -0.2) is 28.9 Å². The largest absolute Gasteiger partial charge is 0.465 e. The monoisotopic (exact) mass is 188 g/mol. The summed E-state index contributed by atoms with van der Waals surface area (Å²) in [5.74, 6) is -1.10. The molecule has 6 heteroatoms. The number of hydrogen-bond acceptors (Lipinski definition) is 5. The average Bonchev–Trinajstić information content (AvgIpc) is 2.30. The molecule has 1 aliphatic heterocycles. The SMILES string of the molecule is CCOC(=O)C1SC(N)=NC1=O. The molecule has 1 atom stereocenters. The molecule has 0 bridgehead atoms. The van der Waals surface area contributed by atoms with E-state index in [1.165, 1.54) is 0 Å². The van der Waals surface area contributed by atoms with Crippen LogP contribution in [0, 0.1) is 0 Å². The molecule has 0 fully saturated rings. The number of rotatable bonds is 2. The molecule has 0 aliphatic carbocycles. The third kappa shape index (κ3) is 1.76. The number of amidine groups is 1. The first kappa shape index (κ1) is 9.05. The minimum Gasteiger partial charge on any atom is -0.465 e. The molecule has 1 heterocycles. The number of aliphatic imine (C=N–C) groups is 1. The third-order valence-corrected chi connectivity index (χ3v) is 2.15. The summed E-state index contributed by atoms with van der Waals surface area (Å²) in [5.41, 5.74) is 5.23. The maximum Gasteiger partial charge on any atom is 0.329 e. The predicted molar refractivity (Wildman–Crippen MR) is 44.6 cm³/mol. The molecule has 0 aromatic rings. The Kier molecular flexibility index (Phi) is 2.69. The maximum absolute atomic E-state index is 11.0. The van der Waals surface area contributed by atoms with E-state index in [1.807, 2.05) is 0 Å². The van der Waals surface area contributed by atoms with Crippen LogP contribution in [0.3, 0.4) is 0 Å². The number of ether oxygens (including phenoxy) is 1. The van der Waals surface area contributed by atoms with Crippen molar-refractivity contribution in [3.8, 4) is 0 Å². The van der Waals surface area contributed by atoms with E-state index < -0.39 is 17.1 Å². The zero-order chi connectivity index (χ0) is 9.14. The van der Waals surface area contributed by atoms with Gasteiger partial charge in [0.25, 0.3) is 5.91 Å². The first-order valence-electron chi connectivity index (χ1n) is 3.36. The highest BCUT2D eigenvalue weighted by molar-refractivity contribution is 8.16. The Labute approximate surface area is 73.4 Å². The van der Waals surface area contributed by atoms with Crippen LogP contribution in [0.15, 0.2) is 4.99 Å². The van der Waals surface area contributed by atoms with Crippen LogP contribution in [0.4, 0.5) is 0 Å². The minimum atomic E-state index is -0.884. The predicted octanol–water partition coefficient (Wildman–Crippen LogP) is -0.494. The van der Waals surface area contributed by atoms with Crippen LogP contribution in [-0.2, 0) is 14.3 Å². The molecule has 2 N–H and O–H groups in total. The van der Waals surface area contributed by atoms with Gasteiger partial charge in [-0.3, -0.25) is 9.59 Å². The van der Waals surface area contributed by atoms with Gasteiger partial charge in [-0.2, -0.15) is 4.99 Å². The van der Waals surface area contributed by atoms with Crippen LogP contribution in [0.1, 0.15) is 6.92 Å². The highest BCUT2D eigenvalue weighted by Crippen LogP contribution is 2.20. The maximum atomic E-state index is 11.0. The van der Waals surface area contributed by atoms with E-state index in [-0.39, 0.29) is 11.8 Å². The summed E-state index contributed by atoms with van der Waals surface area (Å²) in [7, 11) is 0. The second kappa shape index (κ2) is 3.57. The van der Waals surface area contributed by atoms with Crippen LogP contribution in [0.2, 0.25) is 0 Å². The van der Waals surface area contributed by atoms with Gasteiger partial charge in [0.15, 0.2) is 10.4 Å². The van der Waals surface area contributed by atoms with Gasteiger partial charge in [0, 0.05) is 0 Å². The molecule has 5 nitrogen and oxygen atoms in total. The highest BCUT2D eigenvalue weighted by Gasteiger charge is 2.34. The lowest BCUT2D eigenvalue weighted by atomic mass is 10.4. The Bertz CT molecular complexity index is 251. The molecular weight excluding hydrogens is 180 g/mol. The van der Waals surface area contributed by atoms with Gasteiger partial charge in [0.2, 0.25) is 0 Å². The highest BCUT2D eigenvalue weighted by atomic mass is 32.2. The number of nitrogens with two attached hydrogens (primary N) is 1. The number of esters is 1. The van der Waals surface area contributed by atoms with Crippen LogP contribution < -0.4 is 5.73 Å². The standard InChI is InChI=1S/C6H8N2O3S/c1-2-11-5(10)3-4(9)8-6(7)12-3/h3H,2H2,1H3,(H2,7,8,9). The van der Waals surface area contributed by atoms with Crippen molar-refractivity contribution < 1.29 is 14.3 Å². The Morgan fingerprint density at radius 3 is 2.92 bits per heavy atom. The molecule has 0 aromatic heterocycles. The van der Waals surface area contributed by atoms with Crippen LogP contribution >= 0.6 is 11.8 Å². The summed E-state index contributed by atoms with van der Waals surface area (Å²) in [6.45, 7) is 1.93. The van der Waals surface area contributed by atoms with Crippen molar-refractivity contribution >= 4 is 28.8 Å². The zero-order valence-corrected chi connectivity index (χ0v) is 7.26. The number of carbonyl (C=O) groups excluding carboxylic acids is 2. The van der Waals surface area contributed by atoms with E-state index in [0.717, 1.165) is 11.8 Å². The van der Waals surface area contributed by atoms with Gasteiger partial charge < -0.3 is 10.5 Å². The molecule has 1 amide bonds. The normalized spacial score (nSPS) is 22.2. The molecule has 1 rings (SSSR count). The lowest BCUT2D eigenvalue weighted by Crippen LogP contribution is -2.25. The summed E-state index contributed by atoms with van der Waals surface area (Å²) in [5, 5.41) is -0.761. The lowest BCUT2D eigenvalue weighted by molar-refractivity contribution is -0.144. The molecule has 12 heavy (non-hydrogen) atoms. The van der Waals surface area contributed by atoms with Gasteiger partial charge in [-0.25, -0.2) is 0 Å². The number of thioether (sulfide) groups is 1. The van der Waals surface area contributed by atoms with Crippen molar-refractivity contribution in [1.82, 2.24) is 0 Å². The van der Waals surface area contributed by atoms with Crippen LogP contribution in [0.25, 0.3) is 0 Å². The third-order valence-electron chi connectivity index (χ3n) is 1.18. The molecule has 1 aliphatic rings. The Hall–Kier alpha value is -1.04. The summed E-state index contributed by atoms with van der Waals surface area (Å²) in [6, 6.07) is 0. The van der Waals surface area contributed by atoms with Crippen LogP contribution in [0.5, 0.6) is 0 Å². The molecule has 1 unspecified atom stereocenters. The first-order chi connectivity index (χ1) is 5.65. The summed E-state index contributed by atoms with van der Waals surface area (Å²) >= 11 is 0.925. The van der Waals surface area contributed by atoms with Crippen molar-refractivity contribution in [1.29, 1.82) is 0 Å². The molecule has 0 saturated heterocycles. The first-order valence-corrected chi connectivity index (χ1v) is 4.24. The van der Waals surface area contributed by atoms with E-state index in [0.29, 0.717) is 0 Å². The average molecular weight is 188 g/mol. The molecule has 0 spiro atoms. The summed E-state index contributed by atoms with van der Waals surface area (Å²) < 4.78 is 4.64. The fourth-order valence-corrected chi connectivity index (χ4v) is 1.43. The van der Waals surface area contributed by atoms with E-state index in [2.05, 4.69) is 9.73 Å². The van der Waals surface area contributed by atoms with Gasteiger partial charge in [-0.05, 0) is 6.92 Å². The van der Waals surface area contributed by atoms with E-state index in [4.69, 9.17) is 5.73 Å². The van der Waals surface area contributed by atoms with Gasteiger partial charge >= 0.3 is 5.97 Å². The van der Waals surface area contributed by atoms with E-state index in [9.17, 15) is 9.59 Å². The molecule has 66 valence electrons. The Morgan fingerprint density at radius 1 is 1.83 bits per heavy atom. The lowest BCUT2D eigenvalue weighted by Gasteiger charge is -2.04. The van der Waals surface area contributed by atoms with Crippen molar-refractivity contribution in [3.05, 3.63) is 0 Å². The van der Waals surface area contributed by atoms with E-state index >= 15 is 0 Å². The molecule has 0 radical (unpaired) electrons. The molecule has 0 aromatic carbocycles. The Balaban J connectivity index is 2.57. The second-order valence-electron chi connectivity index (χ2n) is 2.04. The van der Waals surface area contributed by atoms with Gasteiger partial charge in [0.05, 0.1) is 6.61 Å². The zero-order valence-electron chi connectivity index (χ0n) is 6.44. The quantitative estimate of drug-likeness (QED) is 0.467. The number of carbonyl (C=O) groups is 2. The van der Waals surface area contributed by atoms with Gasteiger partial charge in [-0.1, -0.05) is 11.8 Å². The van der Waals surface area contributed by atoms with Gasteiger partial charge in [0.1, 0.15) is 0 Å². The van der Waals surface area contributed by atoms with Gasteiger partial charge in [-0.15, -0.1) is 0 Å². The number of amides is 1. The van der Waals surface area contributed by atoms with Crippen molar-refractivity contribution in [2.24, 2.45) is 10.7 Å². The Morgan fingerprint density at radius 2 is 2.50 bits per heavy atom. The fourth-order valence-electron chi connectivity index (χ4n) is 0.732. The van der Waals surface area contributed by atoms with Crippen molar-refractivity contribution in [2.75, 3.05) is 6.61 Å². The fraction of sp³-hybridized carbons (Fsp3) is 0.500. The topological polar surface area (TPSA) is 81.8 Å². The van der Waals surface area contributed by atoms with Crippen molar-refractivity contribution in [2.45, 2.75) is 12.2 Å².